The summed E-state index contributed by atoms with van der Waals surface area (Å²) in [4.78, 5) is 42.4. The zero-order valence-corrected chi connectivity index (χ0v) is 14.9. The van der Waals surface area contributed by atoms with Crippen LogP contribution in [0.5, 0.6) is 0 Å². The number of ether oxygens (including phenoxy) is 1. The van der Waals surface area contributed by atoms with E-state index in [2.05, 4.69) is 4.98 Å². The number of anilines is 1. The molecule has 3 heterocycles. The van der Waals surface area contributed by atoms with Gasteiger partial charge in [0.2, 0.25) is 5.56 Å². The lowest BCUT2D eigenvalue weighted by Crippen LogP contribution is -2.59. The number of nitrogens with zero attached hydrogens (tertiary/aromatic N) is 2. The quantitative estimate of drug-likeness (QED) is 0.870. The molecule has 2 amide bonds. The monoisotopic (exact) mass is 367 g/mol. The van der Waals surface area contributed by atoms with Crippen LogP contribution in [0, 0.1) is 0 Å². The summed E-state index contributed by atoms with van der Waals surface area (Å²) in [7, 11) is 0. The van der Waals surface area contributed by atoms with Crippen molar-refractivity contribution >= 4 is 17.5 Å². The van der Waals surface area contributed by atoms with Gasteiger partial charge in [-0.25, -0.2) is 0 Å². The third-order valence-electron chi connectivity index (χ3n) is 5.28. The van der Waals surface area contributed by atoms with Crippen LogP contribution in [0.25, 0.3) is 0 Å². The second-order valence-corrected chi connectivity index (χ2v) is 7.01. The fourth-order valence-electron chi connectivity index (χ4n) is 3.72. The van der Waals surface area contributed by atoms with Crippen molar-refractivity contribution in [3.63, 3.8) is 0 Å². The van der Waals surface area contributed by atoms with Gasteiger partial charge in [0.05, 0.1) is 12.1 Å². The van der Waals surface area contributed by atoms with E-state index in [0.29, 0.717) is 38.2 Å². The maximum Gasteiger partial charge on any atom is 0.270 e. The number of aromatic amines is 1. The molecule has 0 radical (unpaired) electrons. The summed E-state index contributed by atoms with van der Waals surface area (Å²) in [5.41, 5.74) is 0.432. The molecule has 1 spiro atoms. The van der Waals surface area contributed by atoms with Crippen molar-refractivity contribution in [2.75, 3.05) is 31.1 Å². The molecule has 2 aromatic rings. The summed E-state index contributed by atoms with van der Waals surface area (Å²) in [6, 6.07) is 14.1. The Morgan fingerprint density at radius 1 is 1.00 bits per heavy atom. The molecule has 1 aromatic heterocycles. The fraction of sp³-hybridized carbons (Fsp3) is 0.350. The number of aromatic nitrogens is 1. The first-order chi connectivity index (χ1) is 13.1. The van der Waals surface area contributed by atoms with Crippen LogP contribution < -0.4 is 10.5 Å². The first-order valence-corrected chi connectivity index (χ1v) is 9.04. The van der Waals surface area contributed by atoms with Crippen molar-refractivity contribution in [3.8, 4) is 0 Å². The number of hydrogen-bond acceptors (Lipinski definition) is 4. The van der Waals surface area contributed by atoms with E-state index in [1.54, 1.807) is 21.9 Å². The van der Waals surface area contributed by atoms with Gasteiger partial charge in [0.1, 0.15) is 12.3 Å². The van der Waals surface area contributed by atoms with Crippen molar-refractivity contribution in [2.24, 2.45) is 0 Å². The van der Waals surface area contributed by atoms with Crippen LogP contribution in [-0.4, -0.2) is 53.5 Å². The number of H-pyrrole nitrogens is 1. The zero-order valence-electron chi connectivity index (χ0n) is 14.9. The third-order valence-corrected chi connectivity index (χ3v) is 5.28. The molecule has 2 saturated heterocycles. The van der Waals surface area contributed by atoms with E-state index in [0.717, 1.165) is 5.69 Å². The highest BCUT2D eigenvalue weighted by molar-refractivity contribution is 5.95. The Kier molecular flexibility index (Phi) is 4.53. The molecule has 4 rings (SSSR count). The normalized spacial score (nSPS) is 19.3. The van der Waals surface area contributed by atoms with E-state index in [1.807, 2.05) is 30.3 Å². The van der Waals surface area contributed by atoms with E-state index in [9.17, 15) is 14.4 Å². The summed E-state index contributed by atoms with van der Waals surface area (Å²) in [6.07, 6.45) is 1.29. The van der Waals surface area contributed by atoms with E-state index in [-0.39, 0.29) is 24.0 Å². The number of piperidine rings is 1. The van der Waals surface area contributed by atoms with Crippen LogP contribution in [-0.2, 0) is 9.53 Å². The molecular weight excluding hydrogens is 346 g/mol. The largest absolute Gasteiger partial charge is 0.363 e. The number of para-hydroxylation sites is 1. The number of nitrogens with one attached hydrogen (secondary N) is 1. The fourth-order valence-corrected chi connectivity index (χ4v) is 3.72. The molecule has 1 aromatic carbocycles. The van der Waals surface area contributed by atoms with Gasteiger partial charge in [0.15, 0.2) is 0 Å². The molecule has 27 heavy (non-hydrogen) atoms. The Bertz CT molecular complexity index is 901. The lowest BCUT2D eigenvalue weighted by molar-refractivity contribution is -0.143. The molecule has 1 N–H and O–H groups in total. The highest BCUT2D eigenvalue weighted by Crippen LogP contribution is 2.33. The standard InChI is InChI=1S/C20H21N3O4/c24-17-8-4-7-16(21-17)19(26)22-11-9-20(10-12-22)14-23(18(25)13-27-20)15-5-2-1-3-6-15/h1-8H,9-14H2,(H,21,24). The van der Waals surface area contributed by atoms with Crippen LogP contribution in [0.1, 0.15) is 23.3 Å². The first kappa shape index (κ1) is 17.5. The van der Waals surface area contributed by atoms with Crippen molar-refractivity contribution in [2.45, 2.75) is 18.4 Å². The Hall–Kier alpha value is -2.93. The minimum Gasteiger partial charge on any atom is -0.363 e. The van der Waals surface area contributed by atoms with Crippen molar-refractivity contribution in [1.82, 2.24) is 9.88 Å². The molecule has 0 unspecified atom stereocenters. The predicted molar refractivity (Wildman–Crippen MR) is 99.7 cm³/mol. The molecule has 0 saturated carbocycles. The number of rotatable bonds is 2. The number of pyridine rings is 1. The Morgan fingerprint density at radius 3 is 2.44 bits per heavy atom. The molecule has 0 aliphatic carbocycles. The smallest absolute Gasteiger partial charge is 0.270 e. The van der Waals surface area contributed by atoms with E-state index in [4.69, 9.17) is 4.74 Å². The van der Waals surface area contributed by atoms with Crippen LogP contribution >= 0.6 is 0 Å². The molecular formula is C20H21N3O4. The molecule has 0 bridgehead atoms. The molecule has 0 atom stereocenters. The summed E-state index contributed by atoms with van der Waals surface area (Å²) in [5.74, 6) is -0.235. The minimum atomic E-state index is -0.440. The van der Waals surface area contributed by atoms with Crippen molar-refractivity contribution in [3.05, 3.63) is 64.6 Å². The second-order valence-electron chi connectivity index (χ2n) is 7.01. The average Bonchev–Trinajstić information content (AvgIpc) is 2.71. The summed E-state index contributed by atoms with van der Waals surface area (Å²) in [5, 5.41) is 0. The first-order valence-electron chi connectivity index (χ1n) is 9.04. The summed E-state index contributed by atoms with van der Waals surface area (Å²) in [6.45, 7) is 1.58. The molecule has 2 aliphatic rings. The Labute approximate surface area is 156 Å². The van der Waals surface area contributed by atoms with Gasteiger partial charge in [-0.15, -0.1) is 0 Å². The van der Waals surface area contributed by atoms with Crippen LogP contribution in [0.4, 0.5) is 5.69 Å². The van der Waals surface area contributed by atoms with Crippen LogP contribution in [0.15, 0.2) is 53.3 Å². The van der Waals surface area contributed by atoms with Crippen molar-refractivity contribution < 1.29 is 14.3 Å². The molecule has 7 nitrogen and oxygen atoms in total. The van der Waals surface area contributed by atoms with Gasteiger partial charge in [-0.3, -0.25) is 14.4 Å². The zero-order chi connectivity index (χ0) is 18.9. The second kappa shape index (κ2) is 7.00. The number of likely N-dealkylation sites (tertiary alicyclic amines) is 1. The van der Waals surface area contributed by atoms with Gasteiger partial charge in [0.25, 0.3) is 11.8 Å². The number of amides is 2. The highest BCUT2D eigenvalue weighted by atomic mass is 16.5. The number of morpholine rings is 1. The van der Waals surface area contributed by atoms with E-state index >= 15 is 0 Å². The maximum absolute atomic E-state index is 12.6. The number of benzene rings is 1. The molecule has 2 aliphatic heterocycles. The maximum atomic E-state index is 12.6. The summed E-state index contributed by atoms with van der Waals surface area (Å²) >= 11 is 0. The van der Waals surface area contributed by atoms with Crippen LogP contribution in [0.3, 0.4) is 0 Å². The Morgan fingerprint density at radius 2 is 1.74 bits per heavy atom. The number of carbonyl (C=O) groups excluding carboxylic acids is 2. The van der Waals surface area contributed by atoms with Gasteiger partial charge in [-0.05, 0) is 31.0 Å². The number of carbonyl (C=O) groups is 2. The molecule has 2 fully saturated rings. The highest BCUT2D eigenvalue weighted by Gasteiger charge is 2.43. The SMILES string of the molecule is O=C(c1cccc(=O)[nH]1)N1CCC2(CC1)CN(c1ccccc1)C(=O)CO2. The van der Waals surface area contributed by atoms with Gasteiger partial charge in [0, 0.05) is 24.8 Å². The van der Waals surface area contributed by atoms with Gasteiger partial charge in [-0.1, -0.05) is 24.3 Å². The van der Waals surface area contributed by atoms with Gasteiger partial charge in [-0.2, -0.15) is 0 Å². The van der Waals surface area contributed by atoms with E-state index in [1.165, 1.54) is 6.07 Å². The lowest BCUT2D eigenvalue weighted by atomic mass is 9.89. The van der Waals surface area contributed by atoms with Gasteiger partial charge >= 0.3 is 0 Å². The topological polar surface area (TPSA) is 82.7 Å². The summed E-state index contributed by atoms with van der Waals surface area (Å²) < 4.78 is 5.94. The lowest BCUT2D eigenvalue weighted by Gasteiger charge is -2.46. The predicted octanol–water partition coefficient (Wildman–Crippen LogP) is 1.41. The molecule has 140 valence electrons. The third kappa shape index (κ3) is 3.50. The van der Waals surface area contributed by atoms with Crippen molar-refractivity contribution in [1.29, 1.82) is 0 Å². The van der Waals surface area contributed by atoms with E-state index < -0.39 is 5.60 Å². The average molecular weight is 367 g/mol. The van der Waals surface area contributed by atoms with Crippen LogP contribution in [0.2, 0.25) is 0 Å². The number of hydrogen-bond donors (Lipinski definition) is 1. The Balaban J connectivity index is 1.45. The minimum absolute atomic E-state index is 0.0489. The molecule has 7 heteroatoms. The van der Waals surface area contributed by atoms with Gasteiger partial charge < -0.3 is 19.5 Å².